The molecule has 0 amide bonds. The Morgan fingerprint density at radius 3 is 2.60 bits per heavy atom. The zero-order chi connectivity index (χ0) is 7.56. The van der Waals surface area contributed by atoms with E-state index in [2.05, 4.69) is 5.32 Å². The molecule has 0 aromatic rings. The lowest BCUT2D eigenvalue weighted by molar-refractivity contribution is 0.314. The van der Waals surface area contributed by atoms with Crippen molar-refractivity contribution >= 4 is 7.12 Å². The smallest absolute Gasteiger partial charge is 0.427 e. The highest BCUT2D eigenvalue weighted by Gasteiger charge is 2.23. The Morgan fingerprint density at radius 1 is 1.50 bits per heavy atom. The Hall–Kier alpha value is -0.385. The van der Waals surface area contributed by atoms with Crippen molar-refractivity contribution < 1.29 is 14.4 Å². The van der Waals surface area contributed by atoms with E-state index in [0.717, 1.165) is 0 Å². The Morgan fingerprint density at radius 2 is 2.20 bits per heavy atom. The molecule has 2 atom stereocenters. The molecule has 1 heterocycles. The van der Waals surface area contributed by atoms with Gasteiger partial charge in [-0.15, -0.1) is 0 Å². The predicted molar refractivity (Wildman–Crippen MR) is 36.0 cm³/mol. The van der Waals surface area contributed by atoms with E-state index in [1.54, 1.807) is 0 Å². The van der Waals surface area contributed by atoms with Gasteiger partial charge in [0.05, 0.1) is 0 Å². The summed E-state index contributed by atoms with van der Waals surface area (Å²) in [6, 6.07) is 0. The molecular weight excluding hydrogens is 136 g/mol. The second-order valence-electron chi connectivity index (χ2n) is 2.27. The summed E-state index contributed by atoms with van der Waals surface area (Å²) in [7, 11) is -1.39. The summed E-state index contributed by atoms with van der Waals surface area (Å²) in [5, 5.41) is 19.7. The highest BCUT2D eigenvalue weighted by Crippen LogP contribution is 2.12. The normalized spacial score (nSPS) is 32.3. The maximum Gasteiger partial charge on any atom is 0.460 e. The van der Waals surface area contributed by atoms with Crippen molar-refractivity contribution in [2.75, 3.05) is 6.54 Å². The molecule has 1 rings (SSSR count). The molecule has 0 radical (unpaired) electrons. The van der Waals surface area contributed by atoms with Crippen molar-refractivity contribution in [3.05, 3.63) is 12.2 Å². The second kappa shape index (κ2) is 3.14. The summed E-state index contributed by atoms with van der Waals surface area (Å²) in [5.74, 6) is -0.382. The number of halogens is 1. The zero-order valence-electron chi connectivity index (χ0n) is 5.37. The summed E-state index contributed by atoms with van der Waals surface area (Å²) in [6.07, 6.45) is 1.59. The maximum absolute atomic E-state index is 12.3. The molecule has 1 aliphatic heterocycles. The zero-order valence-corrected chi connectivity index (χ0v) is 5.37. The Bertz CT molecular complexity index is 142. The summed E-state index contributed by atoms with van der Waals surface area (Å²) in [5.41, 5.74) is 0. The van der Waals surface area contributed by atoms with Gasteiger partial charge in [0.25, 0.3) is 0 Å². The van der Waals surface area contributed by atoms with E-state index in [0.29, 0.717) is 0 Å². The van der Waals surface area contributed by atoms with Crippen LogP contribution in [0, 0.1) is 0 Å². The fourth-order valence-electron chi connectivity index (χ4n) is 0.830. The molecule has 2 unspecified atom stereocenters. The van der Waals surface area contributed by atoms with Crippen molar-refractivity contribution in [1.82, 2.24) is 5.32 Å². The first-order valence-corrected chi connectivity index (χ1v) is 3.12. The molecule has 5 heteroatoms. The minimum atomic E-state index is -1.39. The van der Waals surface area contributed by atoms with Crippen LogP contribution in [0.1, 0.15) is 0 Å². The molecule has 0 fully saturated rings. The van der Waals surface area contributed by atoms with E-state index in [1.807, 2.05) is 0 Å². The van der Waals surface area contributed by atoms with Crippen LogP contribution in [0.5, 0.6) is 0 Å². The van der Waals surface area contributed by atoms with Gasteiger partial charge in [-0.2, -0.15) is 0 Å². The first-order valence-electron chi connectivity index (χ1n) is 3.12. The minimum absolute atomic E-state index is 0.273. The third kappa shape index (κ3) is 1.80. The Kier molecular flexibility index (Phi) is 2.42. The van der Waals surface area contributed by atoms with E-state index in [-0.39, 0.29) is 12.4 Å². The van der Waals surface area contributed by atoms with Gasteiger partial charge in [0.2, 0.25) is 0 Å². The highest BCUT2D eigenvalue weighted by molar-refractivity contribution is 6.44. The van der Waals surface area contributed by atoms with Crippen LogP contribution in [0.3, 0.4) is 0 Å². The molecule has 0 saturated heterocycles. The van der Waals surface area contributed by atoms with Gasteiger partial charge in [-0.3, -0.25) is 5.32 Å². The van der Waals surface area contributed by atoms with Crippen molar-refractivity contribution in [3.63, 3.8) is 0 Å². The molecule has 0 aromatic carbocycles. The number of alkyl halides is 1. The van der Waals surface area contributed by atoms with Gasteiger partial charge in [0.1, 0.15) is 0 Å². The Labute approximate surface area is 58.7 Å². The minimum Gasteiger partial charge on any atom is -0.427 e. The fourth-order valence-corrected chi connectivity index (χ4v) is 0.830. The van der Waals surface area contributed by atoms with Crippen LogP contribution in [-0.2, 0) is 0 Å². The lowest BCUT2D eigenvalue weighted by Crippen LogP contribution is -2.36. The quantitative estimate of drug-likeness (QED) is 0.259. The lowest BCUT2D eigenvalue weighted by Gasteiger charge is -2.18. The third-order valence-electron chi connectivity index (χ3n) is 1.46. The second-order valence-corrected chi connectivity index (χ2v) is 2.27. The summed E-state index contributed by atoms with van der Waals surface area (Å²) >= 11 is 0. The molecule has 56 valence electrons. The monoisotopic (exact) mass is 145 g/mol. The van der Waals surface area contributed by atoms with Crippen LogP contribution in [-0.4, -0.2) is 30.0 Å². The molecule has 3 nitrogen and oxygen atoms in total. The molecule has 0 bridgehead atoms. The van der Waals surface area contributed by atoms with Gasteiger partial charge in [0.15, 0.2) is 6.30 Å². The number of hydrogen-bond acceptors (Lipinski definition) is 3. The topological polar surface area (TPSA) is 52.5 Å². The van der Waals surface area contributed by atoms with Crippen LogP contribution in [0.25, 0.3) is 0 Å². The predicted octanol–water partition coefficient (Wildman–Crippen LogP) is -0.716. The van der Waals surface area contributed by atoms with Crippen LogP contribution in [0.15, 0.2) is 12.2 Å². The highest BCUT2D eigenvalue weighted by atomic mass is 19.1. The van der Waals surface area contributed by atoms with E-state index >= 15 is 0 Å². The van der Waals surface area contributed by atoms with Crippen molar-refractivity contribution in [3.8, 4) is 0 Å². The van der Waals surface area contributed by atoms with Crippen LogP contribution in [0.2, 0.25) is 5.82 Å². The van der Waals surface area contributed by atoms with Gasteiger partial charge in [-0.05, 0) is 6.08 Å². The van der Waals surface area contributed by atoms with Crippen molar-refractivity contribution in [2.45, 2.75) is 12.1 Å². The van der Waals surface area contributed by atoms with Gasteiger partial charge in [-0.25, -0.2) is 4.39 Å². The average molecular weight is 145 g/mol. The third-order valence-corrected chi connectivity index (χ3v) is 1.46. The molecule has 0 aromatic heterocycles. The first-order chi connectivity index (χ1) is 4.70. The molecule has 10 heavy (non-hydrogen) atoms. The standard InChI is InChI=1S/C5H9BFNO2/c7-5-2-1-4(3-8-5)6(9)10/h1-2,4-5,8-10H,3H2. The summed E-state index contributed by atoms with van der Waals surface area (Å²) in [4.78, 5) is 0. The SMILES string of the molecule is OB(O)C1C=CC(F)NC1. The molecule has 0 aliphatic carbocycles. The average Bonchev–Trinajstić information content (AvgIpc) is 1.88. The molecule has 0 saturated carbocycles. The first kappa shape index (κ1) is 7.72. The number of hydrogen-bond donors (Lipinski definition) is 3. The lowest BCUT2D eigenvalue weighted by atomic mass is 9.72. The van der Waals surface area contributed by atoms with Gasteiger partial charge in [-0.1, -0.05) is 6.08 Å². The molecule has 1 aliphatic rings. The van der Waals surface area contributed by atoms with Crippen molar-refractivity contribution in [2.24, 2.45) is 0 Å². The van der Waals surface area contributed by atoms with Crippen molar-refractivity contribution in [1.29, 1.82) is 0 Å². The maximum atomic E-state index is 12.3. The van der Waals surface area contributed by atoms with Crippen LogP contribution < -0.4 is 5.32 Å². The van der Waals surface area contributed by atoms with Crippen LogP contribution in [0.4, 0.5) is 4.39 Å². The van der Waals surface area contributed by atoms with E-state index in [4.69, 9.17) is 10.0 Å². The molecule has 0 spiro atoms. The van der Waals surface area contributed by atoms with E-state index in [1.165, 1.54) is 12.2 Å². The van der Waals surface area contributed by atoms with Crippen LogP contribution >= 0.6 is 0 Å². The Balaban J connectivity index is 2.45. The van der Waals surface area contributed by atoms with E-state index < -0.39 is 13.4 Å². The van der Waals surface area contributed by atoms with Gasteiger partial charge >= 0.3 is 7.12 Å². The van der Waals surface area contributed by atoms with Gasteiger partial charge in [0, 0.05) is 12.4 Å². The fraction of sp³-hybridized carbons (Fsp3) is 0.600. The number of rotatable bonds is 1. The number of nitrogens with one attached hydrogen (secondary N) is 1. The molecular formula is C5H9BFNO2. The molecule has 3 N–H and O–H groups in total. The summed E-state index contributed by atoms with van der Waals surface area (Å²) < 4.78 is 12.3. The van der Waals surface area contributed by atoms with E-state index in [9.17, 15) is 4.39 Å². The largest absolute Gasteiger partial charge is 0.460 e. The summed E-state index contributed by atoms with van der Waals surface area (Å²) in [6.45, 7) is 0.273. The van der Waals surface area contributed by atoms with Gasteiger partial charge < -0.3 is 10.0 Å².